The molecule has 1 saturated heterocycles. The third-order valence-corrected chi connectivity index (χ3v) is 2.74. The zero-order chi connectivity index (χ0) is 12.8. The highest BCUT2D eigenvalue weighted by Gasteiger charge is 2.26. The van der Waals surface area contributed by atoms with Crippen LogP contribution in [0.4, 0.5) is 4.79 Å². The highest BCUT2D eigenvalue weighted by molar-refractivity contribution is 5.69. The Labute approximate surface area is 101 Å². The van der Waals surface area contributed by atoms with E-state index in [4.69, 9.17) is 9.84 Å². The highest BCUT2D eigenvalue weighted by atomic mass is 16.6. The first-order valence-corrected chi connectivity index (χ1v) is 5.81. The van der Waals surface area contributed by atoms with Gasteiger partial charge in [0.15, 0.2) is 0 Å². The number of hydrogen-bond donors (Lipinski definition) is 1. The van der Waals surface area contributed by atoms with Gasteiger partial charge in [-0.15, -0.1) is 0 Å². The van der Waals surface area contributed by atoms with Crippen molar-refractivity contribution in [3.05, 3.63) is 0 Å². The van der Waals surface area contributed by atoms with E-state index in [9.17, 15) is 9.59 Å². The molecule has 1 amide bonds. The summed E-state index contributed by atoms with van der Waals surface area (Å²) in [5.41, 5.74) is 0. The van der Waals surface area contributed by atoms with E-state index in [0.29, 0.717) is 25.9 Å². The minimum atomic E-state index is -0.851. The Kier molecular flexibility index (Phi) is 5.21. The van der Waals surface area contributed by atoms with Gasteiger partial charge in [-0.1, -0.05) is 0 Å². The molecular formula is C11H20N2O4. The second-order valence-corrected chi connectivity index (χ2v) is 4.52. The summed E-state index contributed by atoms with van der Waals surface area (Å²) in [4.78, 5) is 25.7. The molecule has 1 N–H and O–H groups in total. The van der Waals surface area contributed by atoms with Crippen LogP contribution in [0.1, 0.15) is 19.3 Å². The van der Waals surface area contributed by atoms with Gasteiger partial charge in [-0.2, -0.15) is 0 Å². The van der Waals surface area contributed by atoms with Gasteiger partial charge >= 0.3 is 12.1 Å². The fourth-order valence-electron chi connectivity index (χ4n) is 1.68. The van der Waals surface area contributed by atoms with Crippen LogP contribution in [-0.4, -0.2) is 66.8 Å². The van der Waals surface area contributed by atoms with Gasteiger partial charge in [-0.05, 0) is 20.5 Å². The number of rotatable bonds is 6. The molecule has 1 fully saturated rings. The molecule has 0 bridgehead atoms. The number of hydrogen-bond acceptors (Lipinski definition) is 4. The predicted octanol–water partition coefficient (Wildman–Crippen LogP) is 0.624. The van der Waals surface area contributed by atoms with E-state index in [0.717, 1.165) is 6.54 Å². The van der Waals surface area contributed by atoms with Gasteiger partial charge in [0.2, 0.25) is 0 Å². The summed E-state index contributed by atoms with van der Waals surface area (Å²) in [6.45, 7) is 2.10. The SMILES string of the molecule is CN(C)CCN1CCC(CCC(=O)O)OC1=O. The fourth-order valence-corrected chi connectivity index (χ4v) is 1.68. The van der Waals surface area contributed by atoms with Crippen molar-refractivity contribution < 1.29 is 19.4 Å². The van der Waals surface area contributed by atoms with Gasteiger partial charge < -0.3 is 19.6 Å². The molecule has 98 valence electrons. The summed E-state index contributed by atoms with van der Waals surface area (Å²) in [6, 6.07) is 0. The lowest BCUT2D eigenvalue weighted by Crippen LogP contribution is -2.44. The van der Waals surface area contributed by atoms with Crippen molar-refractivity contribution in [2.75, 3.05) is 33.7 Å². The Balaban J connectivity index is 2.29. The normalized spacial score (nSPS) is 20.5. The lowest BCUT2D eigenvalue weighted by Gasteiger charge is -2.32. The molecule has 1 atom stereocenters. The number of aliphatic carboxylic acids is 1. The average molecular weight is 244 g/mol. The summed E-state index contributed by atoms with van der Waals surface area (Å²) in [7, 11) is 3.90. The third-order valence-electron chi connectivity index (χ3n) is 2.74. The summed E-state index contributed by atoms with van der Waals surface area (Å²) in [6.07, 6.45) is 0.604. The number of likely N-dealkylation sites (N-methyl/N-ethyl adjacent to an activating group) is 1. The molecule has 0 aromatic rings. The molecule has 17 heavy (non-hydrogen) atoms. The van der Waals surface area contributed by atoms with E-state index in [1.165, 1.54) is 0 Å². The molecule has 1 unspecified atom stereocenters. The zero-order valence-electron chi connectivity index (χ0n) is 10.4. The Morgan fingerprint density at radius 3 is 2.82 bits per heavy atom. The zero-order valence-corrected chi connectivity index (χ0v) is 10.4. The highest BCUT2D eigenvalue weighted by Crippen LogP contribution is 2.16. The van der Waals surface area contributed by atoms with Crippen molar-refractivity contribution in [1.29, 1.82) is 0 Å². The Hall–Kier alpha value is -1.30. The number of cyclic esters (lactones) is 1. The van der Waals surface area contributed by atoms with E-state index in [-0.39, 0.29) is 18.6 Å². The van der Waals surface area contributed by atoms with Crippen molar-refractivity contribution in [3.63, 3.8) is 0 Å². The first-order valence-electron chi connectivity index (χ1n) is 5.81. The molecule has 1 aliphatic rings. The topological polar surface area (TPSA) is 70.1 Å². The standard InChI is InChI=1S/C11H20N2O4/c1-12(2)7-8-13-6-5-9(17-11(13)16)3-4-10(14)15/h9H,3-8H2,1-2H3,(H,14,15). The molecule has 0 aromatic heterocycles. The molecule has 1 rings (SSSR count). The summed E-state index contributed by atoms with van der Waals surface area (Å²) < 4.78 is 5.19. The molecular weight excluding hydrogens is 224 g/mol. The minimum Gasteiger partial charge on any atom is -0.481 e. The largest absolute Gasteiger partial charge is 0.481 e. The van der Waals surface area contributed by atoms with Crippen molar-refractivity contribution >= 4 is 12.1 Å². The second-order valence-electron chi connectivity index (χ2n) is 4.52. The van der Waals surface area contributed by atoms with Crippen molar-refractivity contribution in [3.8, 4) is 0 Å². The second kappa shape index (κ2) is 6.44. The van der Waals surface area contributed by atoms with Crippen LogP contribution in [0, 0.1) is 0 Å². The van der Waals surface area contributed by atoms with Crippen LogP contribution in [0.5, 0.6) is 0 Å². The maximum Gasteiger partial charge on any atom is 0.410 e. The molecule has 0 saturated carbocycles. The number of carbonyl (C=O) groups is 2. The monoisotopic (exact) mass is 244 g/mol. The van der Waals surface area contributed by atoms with Crippen molar-refractivity contribution in [2.45, 2.75) is 25.4 Å². The van der Waals surface area contributed by atoms with Crippen molar-refractivity contribution in [2.24, 2.45) is 0 Å². The minimum absolute atomic E-state index is 0.0512. The van der Waals surface area contributed by atoms with Gasteiger partial charge in [0.05, 0.1) is 0 Å². The van der Waals surface area contributed by atoms with E-state index in [1.54, 1.807) is 4.90 Å². The third kappa shape index (κ3) is 5.04. The van der Waals surface area contributed by atoms with Crippen LogP contribution >= 0.6 is 0 Å². The molecule has 1 heterocycles. The number of carbonyl (C=O) groups excluding carboxylic acids is 1. The average Bonchev–Trinajstić information content (AvgIpc) is 2.24. The molecule has 0 aliphatic carbocycles. The number of amides is 1. The first-order chi connectivity index (χ1) is 7.99. The van der Waals surface area contributed by atoms with E-state index >= 15 is 0 Å². The number of carboxylic acid groups (broad SMARTS) is 1. The number of ether oxygens (including phenoxy) is 1. The number of carboxylic acids is 1. The molecule has 0 radical (unpaired) electrons. The van der Waals surface area contributed by atoms with Crippen LogP contribution in [0.3, 0.4) is 0 Å². The summed E-state index contributed by atoms with van der Waals surface area (Å²) in [5.74, 6) is -0.851. The maximum atomic E-state index is 11.6. The van der Waals surface area contributed by atoms with Gasteiger partial charge in [-0.25, -0.2) is 4.79 Å². The maximum absolute atomic E-state index is 11.6. The van der Waals surface area contributed by atoms with Crippen LogP contribution < -0.4 is 0 Å². The first kappa shape index (κ1) is 13.8. The number of nitrogens with zero attached hydrogens (tertiary/aromatic N) is 2. The molecule has 0 spiro atoms. The van der Waals surface area contributed by atoms with Crippen LogP contribution in [0.25, 0.3) is 0 Å². The van der Waals surface area contributed by atoms with Gasteiger partial charge in [0, 0.05) is 32.5 Å². The molecule has 0 aromatic carbocycles. The van der Waals surface area contributed by atoms with Crippen molar-refractivity contribution in [1.82, 2.24) is 9.80 Å². The quantitative estimate of drug-likeness (QED) is 0.742. The van der Waals surface area contributed by atoms with Gasteiger partial charge in [-0.3, -0.25) is 4.79 Å². The van der Waals surface area contributed by atoms with Gasteiger partial charge in [0.25, 0.3) is 0 Å². The van der Waals surface area contributed by atoms with E-state index < -0.39 is 5.97 Å². The Morgan fingerprint density at radius 2 is 2.29 bits per heavy atom. The molecule has 6 nitrogen and oxygen atoms in total. The van der Waals surface area contributed by atoms with Crippen LogP contribution in [0.15, 0.2) is 0 Å². The van der Waals surface area contributed by atoms with Crippen LogP contribution in [-0.2, 0) is 9.53 Å². The van der Waals surface area contributed by atoms with E-state index in [2.05, 4.69) is 0 Å². The fraction of sp³-hybridized carbons (Fsp3) is 0.818. The van der Waals surface area contributed by atoms with E-state index in [1.807, 2.05) is 19.0 Å². The molecule has 1 aliphatic heterocycles. The Bertz CT molecular complexity index is 281. The lowest BCUT2D eigenvalue weighted by atomic mass is 10.1. The summed E-state index contributed by atoms with van der Waals surface area (Å²) in [5, 5.41) is 8.55. The smallest absolute Gasteiger partial charge is 0.410 e. The van der Waals surface area contributed by atoms with Crippen LogP contribution in [0.2, 0.25) is 0 Å². The van der Waals surface area contributed by atoms with Gasteiger partial charge in [0.1, 0.15) is 6.10 Å². The Morgan fingerprint density at radius 1 is 1.59 bits per heavy atom. The summed E-state index contributed by atoms with van der Waals surface area (Å²) >= 11 is 0. The molecule has 6 heteroatoms. The lowest BCUT2D eigenvalue weighted by molar-refractivity contribution is -0.137. The predicted molar refractivity (Wildman–Crippen MR) is 61.9 cm³/mol.